The first-order valence-electron chi connectivity index (χ1n) is 13.6. The third-order valence-corrected chi connectivity index (χ3v) is 11.0. The Bertz CT molecular complexity index is 1170. The number of benzene rings is 1. The van der Waals surface area contributed by atoms with Crippen LogP contribution >= 0.6 is 11.3 Å². The van der Waals surface area contributed by atoms with Gasteiger partial charge in [0.1, 0.15) is 0 Å². The number of carbonyl (C=O) groups excluding carboxylic acids is 1. The lowest BCUT2D eigenvalue weighted by atomic mass is 9.82. The predicted molar refractivity (Wildman–Crippen MR) is 150 cm³/mol. The SMILES string of the molecule is CCS(=O)(=O)c1ccc([C@H](COC)NC(=O)c2cc3c(s2)C(C(C)C)N(CC2CCC(C)CC2)C3)cc1. The van der Waals surface area contributed by atoms with Crippen LogP contribution in [0.15, 0.2) is 35.2 Å². The number of hydrogen-bond acceptors (Lipinski definition) is 6. The Labute approximate surface area is 226 Å². The molecule has 2 atom stereocenters. The number of sulfone groups is 1. The van der Waals surface area contributed by atoms with Gasteiger partial charge in [0.05, 0.1) is 28.2 Å². The molecule has 1 N–H and O–H groups in total. The van der Waals surface area contributed by atoms with Gasteiger partial charge in [-0.05, 0) is 59.9 Å². The molecule has 4 rings (SSSR count). The quantitative estimate of drug-likeness (QED) is 0.396. The second-order valence-corrected chi connectivity index (χ2v) is 14.6. The summed E-state index contributed by atoms with van der Waals surface area (Å²) in [5.41, 5.74) is 2.11. The highest BCUT2D eigenvalue weighted by Crippen LogP contribution is 2.45. The molecule has 1 aromatic carbocycles. The minimum atomic E-state index is -3.27. The maximum absolute atomic E-state index is 13.3. The number of nitrogens with zero attached hydrogens (tertiary/aromatic N) is 1. The van der Waals surface area contributed by atoms with Crippen LogP contribution in [0.3, 0.4) is 0 Å². The van der Waals surface area contributed by atoms with Crippen LogP contribution in [0, 0.1) is 17.8 Å². The maximum atomic E-state index is 13.3. The van der Waals surface area contributed by atoms with Crippen LogP contribution in [0.2, 0.25) is 0 Å². The first-order chi connectivity index (χ1) is 17.6. The molecule has 1 aliphatic heterocycles. The third kappa shape index (κ3) is 6.47. The monoisotopic (exact) mass is 546 g/mol. The standard InChI is InChI=1S/C29H42N2O4S2/c1-6-37(33,34)24-13-11-22(12-14-24)25(18-35-5)30-29(32)26-15-23-17-31(27(19(2)3)28(23)36-26)16-21-9-7-20(4)8-10-21/h11-15,19-21,25,27H,6-10,16-18H2,1-5H3,(H,30,32)/t20?,21?,25-,27?/m0/s1. The second kappa shape index (κ2) is 12.0. The fourth-order valence-electron chi connectivity index (χ4n) is 5.85. The molecule has 1 fully saturated rings. The van der Waals surface area contributed by atoms with Crippen LogP contribution in [0.25, 0.3) is 0 Å². The number of thiophene rings is 1. The van der Waals surface area contributed by atoms with Crippen molar-refractivity contribution in [3.63, 3.8) is 0 Å². The Balaban J connectivity index is 1.46. The molecule has 0 bridgehead atoms. The lowest BCUT2D eigenvalue weighted by Gasteiger charge is -2.34. The van der Waals surface area contributed by atoms with Gasteiger partial charge in [0.15, 0.2) is 9.84 Å². The number of fused-ring (bicyclic) bond motifs is 1. The second-order valence-electron chi connectivity index (χ2n) is 11.2. The topological polar surface area (TPSA) is 75.7 Å². The summed E-state index contributed by atoms with van der Waals surface area (Å²) in [4.78, 5) is 18.3. The van der Waals surface area contributed by atoms with E-state index in [0.29, 0.717) is 23.5 Å². The van der Waals surface area contributed by atoms with Crippen molar-refractivity contribution < 1.29 is 17.9 Å². The normalized spacial score (nSPS) is 23.2. The van der Waals surface area contributed by atoms with Gasteiger partial charge in [0, 0.05) is 31.1 Å². The van der Waals surface area contributed by atoms with Gasteiger partial charge in [0.2, 0.25) is 0 Å². The van der Waals surface area contributed by atoms with Gasteiger partial charge in [-0.25, -0.2) is 8.42 Å². The van der Waals surface area contributed by atoms with E-state index in [-0.39, 0.29) is 17.7 Å². The molecule has 6 nitrogen and oxygen atoms in total. The summed E-state index contributed by atoms with van der Waals surface area (Å²) in [5, 5.41) is 3.12. The maximum Gasteiger partial charge on any atom is 0.261 e. The van der Waals surface area contributed by atoms with E-state index < -0.39 is 9.84 Å². The van der Waals surface area contributed by atoms with Crippen LogP contribution in [0.5, 0.6) is 0 Å². The van der Waals surface area contributed by atoms with Crippen LogP contribution in [0.1, 0.15) is 91.1 Å². The Morgan fingerprint density at radius 2 is 1.84 bits per heavy atom. The van der Waals surface area contributed by atoms with Gasteiger partial charge >= 0.3 is 0 Å². The molecule has 37 heavy (non-hydrogen) atoms. The van der Waals surface area contributed by atoms with Crippen molar-refractivity contribution in [2.75, 3.05) is 26.0 Å². The number of ether oxygens (including phenoxy) is 1. The Morgan fingerprint density at radius 1 is 1.16 bits per heavy atom. The molecule has 0 saturated heterocycles. The summed E-state index contributed by atoms with van der Waals surface area (Å²) in [5.74, 6) is 2.08. The summed E-state index contributed by atoms with van der Waals surface area (Å²) in [6.45, 7) is 10.9. The number of amides is 1. The average Bonchev–Trinajstić information content (AvgIpc) is 3.43. The molecule has 0 spiro atoms. The summed E-state index contributed by atoms with van der Waals surface area (Å²) >= 11 is 1.62. The molecule has 1 amide bonds. The summed E-state index contributed by atoms with van der Waals surface area (Å²) in [6, 6.07) is 8.82. The van der Waals surface area contributed by atoms with Crippen LogP contribution in [-0.4, -0.2) is 45.2 Å². The van der Waals surface area contributed by atoms with Gasteiger partial charge < -0.3 is 10.1 Å². The molecule has 204 valence electrons. The van der Waals surface area contributed by atoms with Crippen molar-refractivity contribution in [1.82, 2.24) is 10.2 Å². The Kier molecular flexibility index (Phi) is 9.15. The molecule has 2 heterocycles. The Morgan fingerprint density at radius 3 is 2.43 bits per heavy atom. The lowest BCUT2D eigenvalue weighted by molar-refractivity contribution is 0.0900. The first kappa shape index (κ1) is 28.3. The van der Waals surface area contributed by atoms with E-state index in [1.165, 1.54) is 36.1 Å². The first-order valence-corrected chi connectivity index (χ1v) is 16.1. The van der Waals surface area contributed by atoms with Gasteiger partial charge in [-0.3, -0.25) is 9.69 Å². The molecule has 8 heteroatoms. The van der Waals surface area contributed by atoms with Gasteiger partial charge in [0.25, 0.3) is 5.91 Å². The fourth-order valence-corrected chi connectivity index (χ4v) is 8.12. The van der Waals surface area contributed by atoms with Crippen molar-refractivity contribution in [2.45, 2.75) is 76.9 Å². The molecule has 1 aromatic heterocycles. The largest absolute Gasteiger partial charge is 0.382 e. The van der Waals surface area contributed by atoms with E-state index in [9.17, 15) is 13.2 Å². The van der Waals surface area contributed by atoms with E-state index in [2.05, 4.69) is 37.1 Å². The highest BCUT2D eigenvalue weighted by atomic mass is 32.2. The van der Waals surface area contributed by atoms with Gasteiger partial charge in [-0.15, -0.1) is 11.3 Å². The zero-order valence-electron chi connectivity index (χ0n) is 22.8. The van der Waals surface area contributed by atoms with Crippen molar-refractivity contribution in [1.29, 1.82) is 0 Å². The summed E-state index contributed by atoms with van der Waals surface area (Å²) < 4.78 is 29.7. The molecule has 1 saturated carbocycles. The average molecular weight is 547 g/mol. The van der Waals surface area contributed by atoms with Crippen LogP contribution < -0.4 is 5.32 Å². The molecule has 1 unspecified atom stereocenters. The summed E-state index contributed by atoms with van der Waals surface area (Å²) in [7, 11) is -1.67. The molecule has 2 aliphatic rings. The van der Waals surface area contributed by atoms with Crippen LogP contribution in [-0.2, 0) is 21.1 Å². The number of hydrogen-bond donors (Lipinski definition) is 1. The molecule has 0 radical (unpaired) electrons. The summed E-state index contributed by atoms with van der Waals surface area (Å²) in [6.07, 6.45) is 5.35. The highest BCUT2D eigenvalue weighted by Gasteiger charge is 2.37. The van der Waals surface area contributed by atoms with Crippen molar-refractivity contribution in [2.24, 2.45) is 17.8 Å². The minimum absolute atomic E-state index is 0.0578. The molecular formula is C29H42N2O4S2. The Hall–Kier alpha value is -1.74. The molecule has 1 aliphatic carbocycles. The van der Waals surface area contributed by atoms with E-state index in [1.807, 2.05) is 0 Å². The smallest absolute Gasteiger partial charge is 0.261 e. The van der Waals surface area contributed by atoms with E-state index in [4.69, 9.17) is 4.74 Å². The number of methoxy groups -OCH3 is 1. The molecular weight excluding hydrogens is 504 g/mol. The predicted octanol–water partition coefficient (Wildman–Crippen LogP) is 6.00. The molecule has 2 aromatic rings. The third-order valence-electron chi connectivity index (χ3n) is 8.02. The van der Waals surface area contributed by atoms with Gasteiger partial charge in [-0.1, -0.05) is 52.7 Å². The van der Waals surface area contributed by atoms with Crippen molar-refractivity contribution in [3.05, 3.63) is 51.2 Å². The zero-order chi connectivity index (χ0) is 26.7. The highest BCUT2D eigenvalue weighted by molar-refractivity contribution is 7.91. The van der Waals surface area contributed by atoms with E-state index >= 15 is 0 Å². The minimum Gasteiger partial charge on any atom is -0.382 e. The van der Waals surface area contributed by atoms with Crippen molar-refractivity contribution in [3.8, 4) is 0 Å². The number of nitrogens with one attached hydrogen (secondary N) is 1. The number of carbonyl (C=O) groups is 1. The number of rotatable bonds is 10. The van der Waals surface area contributed by atoms with Crippen LogP contribution in [0.4, 0.5) is 0 Å². The van der Waals surface area contributed by atoms with Gasteiger partial charge in [-0.2, -0.15) is 0 Å². The lowest BCUT2D eigenvalue weighted by Crippen LogP contribution is -2.33. The fraction of sp³-hybridized carbons (Fsp3) is 0.621. The van der Waals surface area contributed by atoms with Crippen molar-refractivity contribution >= 4 is 27.1 Å². The zero-order valence-corrected chi connectivity index (χ0v) is 24.5. The van der Waals surface area contributed by atoms with E-state index in [1.54, 1.807) is 49.6 Å². The van der Waals surface area contributed by atoms with E-state index in [0.717, 1.165) is 35.4 Å².